The number of halogens is 2. The average molecular weight is 268 g/mol. The van der Waals surface area contributed by atoms with E-state index in [1.807, 2.05) is 0 Å². The van der Waals surface area contributed by atoms with Crippen molar-refractivity contribution in [2.24, 2.45) is 5.73 Å². The van der Waals surface area contributed by atoms with Crippen LogP contribution in [0.5, 0.6) is 0 Å². The smallest absolute Gasteiger partial charge is 0.227 e. The minimum absolute atomic E-state index is 0.0258. The highest BCUT2D eigenvalue weighted by molar-refractivity contribution is 5.79. The number of benzene rings is 1. The Morgan fingerprint density at radius 3 is 2.89 bits per heavy atom. The van der Waals surface area contributed by atoms with Crippen LogP contribution in [0.1, 0.15) is 24.8 Å². The van der Waals surface area contributed by atoms with Crippen LogP contribution in [0.2, 0.25) is 0 Å². The number of hydrogen-bond acceptors (Lipinski definition) is 2. The lowest BCUT2D eigenvalue weighted by Crippen LogP contribution is -2.48. The van der Waals surface area contributed by atoms with Crippen molar-refractivity contribution in [3.63, 3.8) is 0 Å². The van der Waals surface area contributed by atoms with Gasteiger partial charge in [-0.15, -0.1) is 0 Å². The van der Waals surface area contributed by atoms with Crippen molar-refractivity contribution in [3.8, 4) is 0 Å². The average Bonchev–Trinajstić information content (AvgIpc) is 2.42. The van der Waals surface area contributed by atoms with Crippen molar-refractivity contribution in [2.45, 2.75) is 31.7 Å². The number of hydrogen-bond donors (Lipinski definition) is 1. The number of piperidine rings is 1. The molecule has 1 aromatic rings. The monoisotopic (exact) mass is 268 g/mol. The lowest BCUT2D eigenvalue weighted by molar-refractivity contribution is -0.133. The molecule has 0 spiro atoms. The van der Waals surface area contributed by atoms with Crippen LogP contribution in [0.3, 0.4) is 0 Å². The number of rotatable bonds is 3. The summed E-state index contributed by atoms with van der Waals surface area (Å²) in [4.78, 5) is 13.9. The summed E-state index contributed by atoms with van der Waals surface area (Å²) in [6.45, 7) is 1.06. The molecule has 1 aromatic carbocycles. The minimum Gasteiger partial charge on any atom is -0.338 e. The molecular weight excluding hydrogens is 250 g/mol. The highest BCUT2D eigenvalue weighted by Gasteiger charge is 2.26. The zero-order valence-corrected chi connectivity index (χ0v) is 10.7. The molecular formula is C14H18F2N2O. The molecule has 0 aliphatic carbocycles. The maximum absolute atomic E-state index is 13.5. The normalized spacial score (nSPS) is 19.5. The Morgan fingerprint density at radius 2 is 2.16 bits per heavy atom. The second-order valence-electron chi connectivity index (χ2n) is 4.88. The topological polar surface area (TPSA) is 46.3 Å². The first-order valence-corrected chi connectivity index (χ1v) is 6.55. The van der Waals surface area contributed by atoms with Gasteiger partial charge in [0.25, 0.3) is 0 Å². The molecule has 2 rings (SSSR count). The number of amides is 1. The quantitative estimate of drug-likeness (QED) is 0.909. The molecule has 1 aliphatic heterocycles. The summed E-state index contributed by atoms with van der Waals surface area (Å²) in [5.74, 6) is -1.26. The largest absolute Gasteiger partial charge is 0.338 e. The molecule has 0 bridgehead atoms. The Balaban J connectivity index is 2.09. The standard InChI is InChI=1S/C14H18F2N2O/c15-11-4-5-13(16)10(7-11)8-14(19)18-6-2-1-3-12(18)9-17/h4-5,7,12H,1-3,6,8-9,17H2. The van der Waals surface area contributed by atoms with Gasteiger partial charge in [0.2, 0.25) is 5.91 Å². The SMILES string of the molecule is NCC1CCCCN1C(=O)Cc1cc(F)ccc1F. The van der Waals surface area contributed by atoms with Crippen LogP contribution in [0.25, 0.3) is 0 Å². The zero-order valence-electron chi connectivity index (χ0n) is 10.7. The van der Waals surface area contributed by atoms with E-state index in [1.165, 1.54) is 0 Å². The number of nitrogens with two attached hydrogens (primary N) is 1. The second kappa shape index (κ2) is 6.10. The van der Waals surface area contributed by atoms with Gasteiger partial charge in [-0.05, 0) is 37.5 Å². The van der Waals surface area contributed by atoms with Gasteiger partial charge in [-0.3, -0.25) is 4.79 Å². The third kappa shape index (κ3) is 3.29. The summed E-state index contributed by atoms with van der Waals surface area (Å²) < 4.78 is 26.6. The third-order valence-corrected chi connectivity index (χ3v) is 3.57. The first kappa shape index (κ1) is 13.9. The van der Waals surface area contributed by atoms with Gasteiger partial charge in [-0.2, -0.15) is 0 Å². The molecule has 104 valence electrons. The van der Waals surface area contributed by atoms with Crippen molar-refractivity contribution in [1.29, 1.82) is 0 Å². The Bertz CT molecular complexity index is 465. The van der Waals surface area contributed by atoms with E-state index < -0.39 is 11.6 Å². The lowest BCUT2D eigenvalue weighted by atomic mass is 10.0. The maximum atomic E-state index is 13.5. The van der Waals surface area contributed by atoms with Crippen molar-refractivity contribution >= 4 is 5.91 Å². The molecule has 0 aromatic heterocycles. The molecule has 1 unspecified atom stereocenters. The molecule has 2 N–H and O–H groups in total. The van der Waals surface area contributed by atoms with Crippen LogP contribution in [-0.2, 0) is 11.2 Å². The first-order valence-electron chi connectivity index (χ1n) is 6.55. The maximum Gasteiger partial charge on any atom is 0.227 e. The lowest BCUT2D eigenvalue weighted by Gasteiger charge is -2.35. The van der Waals surface area contributed by atoms with Crippen LogP contribution >= 0.6 is 0 Å². The summed E-state index contributed by atoms with van der Waals surface area (Å²) in [6, 6.07) is 3.20. The van der Waals surface area contributed by atoms with Crippen molar-refractivity contribution < 1.29 is 13.6 Å². The zero-order chi connectivity index (χ0) is 13.8. The van der Waals surface area contributed by atoms with Gasteiger partial charge in [-0.1, -0.05) is 0 Å². The van der Waals surface area contributed by atoms with Crippen LogP contribution in [0.15, 0.2) is 18.2 Å². The first-order chi connectivity index (χ1) is 9.11. The number of likely N-dealkylation sites (tertiary alicyclic amines) is 1. The van der Waals surface area contributed by atoms with Gasteiger partial charge in [0.1, 0.15) is 11.6 Å². The van der Waals surface area contributed by atoms with Gasteiger partial charge in [0, 0.05) is 24.7 Å². The molecule has 1 atom stereocenters. The van der Waals surface area contributed by atoms with E-state index in [9.17, 15) is 13.6 Å². The Hall–Kier alpha value is -1.49. The van der Waals surface area contributed by atoms with Crippen molar-refractivity contribution in [2.75, 3.05) is 13.1 Å². The van der Waals surface area contributed by atoms with Gasteiger partial charge >= 0.3 is 0 Å². The fourth-order valence-corrected chi connectivity index (χ4v) is 2.52. The molecule has 3 nitrogen and oxygen atoms in total. The van der Waals surface area contributed by atoms with E-state index in [2.05, 4.69) is 0 Å². The molecule has 1 amide bonds. The summed E-state index contributed by atoms with van der Waals surface area (Å²) in [5, 5.41) is 0. The number of carbonyl (C=O) groups is 1. The van der Waals surface area contributed by atoms with E-state index in [1.54, 1.807) is 4.90 Å². The Labute approximate surface area is 111 Å². The summed E-state index contributed by atoms with van der Waals surface area (Å²) >= 11 is 0. The molecule has 1 fully saturated rings. The fraction of sp³-hybridized carbons (Fsp3) is 0.500. The van der Waals surface area contributed by atoms with Crippen LogP contribution in [0, 0.1) is 11.6 Å². The predicted molar refractivity (Wildman–Crippen MR) is 68.5 cm³/mol. The molecule has 1 saturated heterocycles. The predicted octanol–water partition coefficient (Wildman–Crippen LogP) is 1.85. The van der Waals surface area contributed by atoms with Crippen molar-refractivity contribution in [1.82, 2.24) is 4.90 Å². The van der Waals surface area contributed by atoms with Crippen LogP contribution in [-0.4, -0.2) is 29.9 Å². The van der Waals surface area contributed by atoms with E-state index in [-0.39, 0.29) is 23.9 Å². The summed E-state index contributed by atoms with van der Waals surface area (Å²) in [6.07, 6.45) is 2.77. The number of carbonyl (C=O) groups excluding carboxylic acids is 1. The highest BCUT2D eigenvalue weighted by atomic mass is 19.1. The Kier molecular flexibility index (Phi) is 4.47. The molecule has 19 heavy (non-hydrogen) atoms. The second-order valence-corrected chi connectivity index (χ2v) is 4.88. The molecule has 0 radical (unpaired) electrons. The highest BCUT2D eigenvalue weighted by Crippen LogP contribution is 2.18. The van der Waals surface area contributed by atoms with Crippen LogP contribution in [0.4, 0.5) is 8.78 Å². The van der Waals surface area contributed by atoms with Gasteiger partial charge in [0.05, 0.1) is 6.42 Å². The van der Waals surface area contributed by atoms with E-state index in [0.717, 1.165) is 37.5 Å². The fourth-order valence-electron chi connectivity index (χ4n) is 2.52. The van der Waals surface area contributed by atoms with E-state index in [0.29, 0.717) is 13.1 Å². The van der Waals surface area contributed by atoms with E-state index in [4.69, 9.17) is 5.73 Å². The molecule has 1 heterocycles. The summed E-state index contributed by atoms with van der Waals surface area (Å²) in [7, 11) is 0. The summed E-state index contributed by atoms with van der Waals surface area (Å²) in [5.41, 5.74) is 5.75. The van der Waals surface area contributed by atoms with E-state index >= 15 is 0 Å². The molecule has 1 aliphatic rings. The van der Waals surface area contributed by atoms with Gasteiger partial charge in [-0.25, -0.2) is 8.78 Å². The molecule has 5 heteroatoms. The van der Waals surface area contributed by atoms with Crippen molar-refractivity contribution in [3.05, 3.63) is 35.4 Å². The minimum atomic E-state index is -0.545. The number of nitrogens with zero attached hydrogens (tertiary/aromatic N) is 1. The molecule has 0 saturated carbocycles. The van der Waals surface area contributed by atoms with Gasteiger partial charge in [0.15, 0.2) is 0 Å². The third-order valence-electron chi connectivity index (χ3n) is 3.57. The Morgan fingerprint density at radius 1 is 1.37 bits per heavy atom. The van der Waals surface area contributed by atoms with Crippen LogP contribution < -0.4 is 5.73 Å². The van der Waals surface area contributed by atoms with Gasteiger partial charge < -0.3 is 10.6 Å².